The van der Waals surface area contributed by atoms with E-state index >= 15 is 0 Å². The predicted octanol–water partition coefficient (Wildman–Crippen LogP) is 4.88. The van der Waals surface area contributed by atoms with Gasteiger partial charge in [-0.05, 0) is 68.4 Å². The van der Waals surface area contributed by atoms with E-state index in [4.69, 9.17) is 0 Å². The smallest absolute Gasteiger partial charge is 0.242 e. The highest BCUT2D eigenvalue weighted by molar-refractivity contribution is 7.92. The molecule has 37 heavy (non-hydrogen) atoms. The number of anilines is 1. The molecular formula is C29H43N3O4S. The molecule has 2 rings (SSSR count). The second-order valence-corrected chi connectivity index (χ2v) is 11.6. The van der Waals surface area contributed by atoms with Crippen molar-refractivity contribution < 1.29 is 18.0 Å². The fourth-order valence-corrected chi connectivity index (χ4v) is 5.40. The van der Waals surface area contributed by atoms with Gasteiger partial charge in [0.05, 0.1) is 11.9 Å². The number of unbranched alkanes of at least 4 members (excludes halogenated alkanes) is 1. The number of aryl methyl sites for hydroxylation is 2. The van der Waals surface area contributed by atoms with Gasteiger partial charge in [-0.3, -0.25) is 13.9 Å². The van der Waals surface area contributed by atoms with Crippen LogP contribution in [0.3, 0.4) is 0 Å². The van der Waals surface area contributed by atoms with Crippen molar-refractivity contribution in [1.82, 2.24) is 10.2 Å². The number of hydrogen-bond acceptors (Lipinski definition) is 4. The molecule has 2 amide bonds. The first-order valence-electron chi connectivity index (χ1n) is 13.2. The lowest BCUT2D eigenvalue weighted by Crippen LogP contribution is -2.49. The lowest BCUT2D eigenvalue weighted by Gasteiger charge is -2.31. The Morgan fingerprint density at radius 1 is 0.946 bits per heavy atom. The first kappa shape index (κ1) is 30.4. The first-order chi connectivity index (χ1) is 17.5. The summed E-state index contributed by atoms with van der Waals surface area (Å²) in [6.45, 7) is 10.9. The number of carbonyl (C=O) groups is 2. The van der Waals surface area contributed by atoms with Crippen molar-refractivity contribution in [3.05, 3.63) is 64.7 Å². The molecule has 0 aliphatic heterocycles. The minimum absolute atomic E-state index is 0.140. The molecule has 0 saturated carbocycles. The van der Waals surface area contributed by atoms with Crippen LogP contribution in [0.25, 0.3) is 0 Å². The molecule has 0 fully saturated rings. The topological polar surface area (TPSA) is 86.8 Å². The summed E-state index contributed by atoms with van der Waals surface area (Å²) in [6.07, 6.45) is 4.02. The number of nitrogens with zero attached hydrogens (tertiary/aromatic N) is 2. The minimum atomic E-state index is -3.53. The van der Waals surface area contributed by atoms with Crippen LogP contribution in [-0.4, -0.2) is 50.5 Å². The Kier molecular flexibility index (Phi) is 11.6. The molecule has 0 aliphatic carbocycles. The number of hydrogen-bond donors (Lipinski definition) is 1. The third-order valence-electron chi connectivity index (χ3n) is 6.81. The Bertz CT molecular complexity index is 1160. The fraction of sp³-hybridized carbons (Fsp3) is 0.517. The van der Waals surface area contributed by atoms with Gasteiger partial charge in [0.2, 0.25) is 21.8 Å². The molecule has 0 heterocycles. The van der Waals surface area contributed by atoms with Gasteiger partial charge in [-0.15, -0.1) is 0 Å². The molecular weight excluding hydrogens is 486 g/mol. The minimum Gasteiger partial charge on any atom is -0.354 e. The zero-order valence-electron chi connectivity index (χ0n) is 23.2. The summed E-state index contributed by atoms with van der Waals surface area (Å²) in [7, 11) is -3.53. The Labute approximate surface area is 223 Å². The Morgan fingerprint density at radius 2 is 1.62 bits per heavy atom. The molecule has 0 radical (unpaired) electrons. The van der Waals surface area contributed by atoms with Gasteiger partial charge >= 0.3 is 0 Å². The van der Waals surface area contributed by atoms with Crippen molar-refractivity contribution in [2.24, 2.45) is 0 Å². The van der Waals surface area contributed by atoms with Gasteiger partial charge in [0.15, 0.2) is 0 Å². The molecule has 2 aromatic carbocycles. The van der Waals surface area contributed by atoms with Crippen LogP contribution in [0.5, 0.6) is 0 Å². The lowest BCUT2D eigenvalue weighted by atomic mass is 10.0. The molecule has 1 N–H and O–H groups in total. The maximum Gasteiger partial charge on any atom is 0.242 e. The van der Waals surface area contributed by atoms with Crippen LogP contribution in [0.2, 0.25) is 0 Å². The largest absolute Gasteiger partial charge is 0.354 e. The normalized spacial score (nSPS) is 12.2. The maximum atomic E-state index is 13.6. The Balaban J connectivity index is 2.24. The van der Waals surface area contributed by atoms with Crippen LogP contribution < -0.4 is 9.62 Å². The average molecular weight is 530 g/mol. The molecule has 0 bridgehead atoms. The van der Waals surface area contributed by atoms with Crippen molar-refractivity contribution in [3.63, 3.8) is 0 Å². The molecule has 0 spiro atoms. The van der Waals surface area contributed by atoms with E-state index in [2.05, 4.69) is 12.2 Å². The van der Waals surface area contributed by atoms with Crippen LogP contribution >= 0.6 is 0 Å². The highest BCUT2D eigenvalue weighted by Crippen LogP contribution is 2.25. The van der Waals surface area contributed by atoms with E-state index in [1.54, 1.807) is 11.0 Å². The third-order valence-corrected chi connectivity index (χ3v) is 7.99. The van der Waals surface area contributed by atoms with Crippen LogP contribution in [0, 0.1) is 20.8 Å². The van der Waals surface area contributed by atoms with E-state index in [0.29, 0.717) is 31.6 Å². The van der Waals surface area contributed by atoms with Gasteiger partial charge < -0.3 is 10.2 Å². The fourth-order valence-electron chi connectivity index (χ4n) is 4.38. The van der Waals surface area contributed by atoms with E-state index in [9.17, 15) is 18.0 Å². The standard InChI is InChI=1S/C29H43N3O4S/c1-7-9-19-30-29(34)26(8-2)31(21-25-16-11-10-14-23(25)4)28(33)18-13-20-32(37(6,35)36)27-17-12-15-22(3)24(27)5/h10-12,14-17,26H,7-9,13,18-21H2,1-6H3,(H,30,34)/t26-/m0/s1. The van der Waals surface area contributed by atoms with Gasteiger partial charge in [-0.1, -0.05) is 56.7 Å². The lowest BCUT2D eigenvalue weighted by molar-refractivity contribution is -0.141. The zero-order chi connectivity index (χ0) is 27.6. The summed E-state index contributed by atoms with van der Waals surface area (Å²) in [4.78, 5) is 28.3. The molecule has 204 valence electrons. The van der Waals surface area contributed by atoms with E-state index in [1.165, 1.54) is 10.6 Å². The molecule has 7 nitrogen and oxygen atoms in total. The van der Waals surface area contributed by atoms with Crippen LogP contribution in [0.4, 0.5) is 5.69 Å². The number of carbonyl (C=O) groups excluding carboxylic acids is 2. The van der Waals surface area contributed by atoms with E-state index in [0.717, 1.165) is 35.1 Å². The Morgan fingerprint density at radius 3 is 2.24 bits per heavy atom. The van der Waals surface area contributed by atoms with Gasteiger partial charge in [0, 0.05) is 26.1 Å². The number of benzene rings is 2. The van der Waals surface area contributed by atoms with E-state index in [1.807, 2.05) is 64.1 Å². The number of sulfonamides is 1. The quantitative estimate of drug-likeness (QED) is 0.353. The molecule has 0 aromatic heterocycles. The second-order valence-electron chi connectivity index (χ2n) is 9.67. The third kappa shape index (κ3) is 8.59. The first-order valence-corrected chi connectivity index (χ1v) is 15.0. The van der Waals surface area contributed by atoms with Gasteiger partial charge in [0.25, 0.3) is 0 Å². The summed E-state index contributed by atoms with van der Waals surface area (Å²) in [5.41, 5.74) is 4.58. The highest BCUT2D eigenvalue weighted by atomic mass is 32.2. The van der Waals surface area contributed by atoms with Crippen molar-refractivity contribution in [2.75, 3.05) is 23.7 Å². The molecule has 1 atom stereocenters. The summed E-state index contributed by atoms with van der Waals surface area (Å²) >= 11 is 0. The summed E-state index contributed by atoms with van der Waals surface area (Å²) in [5.74, 6) is -0.304. The van der Waals surface area contributed by atoms with Crippen molar-refractivity contribution in [2.45, 2.75) is 79.3 Å². The molecule has 0 unspecified atom stereocenters. The summed E-state index contributed by atoms with van der Waals surface area (Å²) in [6, 6.07) is 12.8. The van der Waals surface area contributed by atoms with Crippen molar-refractivity contribution >= 4 is 27.5 Å². The molecule has 8 heteroatoms. The maximum absolute atomic E-state index is 13.6. The monoisotopic (exact) mass is 529 g/mol. The number of amides is 2. The van der Waals surface area contributed by atoms with E-state index < -0.39 is 16.1 Å². The van der Waals surface area contributed by atoms with Gasteiger partial charge in [-0.2, -0.15) is 0 Å². The van der Waals surface area contributed by atoms with Crippen molar-refractivity contribution in [1.29, 1.82) is 0 Å². The van der Waals surface area contributed by atoms with Crippen LogP contribution in [0.15, 0.2) is 42.5 Å². The summed E-state index contributed by atoms with van der Waals surface area (Å²) < 4.78 is 26.6. The number of rotatable bonds is 14. The number of nitrogens with one attached hydrogen (secondary N) is 1. The van der Waals surface area contributed by atoms with E-state index in [-0.39, 0.29) is 24.8 Å². The molecule has 0 saturated heterocycles. The predicted molar refractivity (Wildman–Crippen MR) is 151 cm³/mol. The SMILES string of the molecule is CCCCNC(=O)[C@H](CC)N(Cc1ccccc1C)C(=O)CCCN(c1cccc(C)c1C)S(C)(=O)=O. The van der Waals surface area contributed by atoms with Crippen LogP contribution in [-0.2, 0) is 26.2 Å². The molecule has 0 aliphatic rings. The highest BCUT2D eigenvalue weighted by Gasteiger charge is 2.29. The van der Waals surface area contributed by atoms with Gasteiger partial charge in [-0.25, -0.2) is 8.42 Å². The van der Waals surface area contributed by atoms with Crippen LogP contribution in [0.1, 0.15) is 68.2 Å². The van der Waals surface area contributed by atoms with Crippen molar-refractivity contribution in [3.8, 4) is 0 Å². The Hall–Kier alpha value is -2.87. The zero-order valence-corrected chi connectivity index (χ0v) is 24.0. The van der Waals surface area contributed by atoms with Gasteiger partial charge in [0.1, 0.15) is 6.04 Å². The second kappa shape index (κ2) is 14.2. The average Bonchev–Trinajstić information content (AvgIpc) is 2.84. The summed E-state index contributed by atoms with van der Waals surface area (Å²) in [5, 5.41) is 2.98. The molecule has 2 aromatic rings.